The van der Waals surface area contributed by atoms with Crippen LogP contribution in [0, 0.1) is 0 Å². The van der Waals surface area contributed by atoms with Crippen molar-refractivity contribution in [2.24, 2.45) is 0 Å². The second-order valence-electron chi connectivity index (χ2n) is 11.8. The van der Waals surface area contributed by atoms with Gasteiger partial charge in [-0.15, -0.1) is 0 Å². The summed E-state index contributed by atoms with van der Waals surface area (Å²) >= 11 is 0. The van der Waals surface area contributed by atoms with Gasteiger partial charge in [0.15, 0.2) is 37.0 Å². The van der Waals surface area contributed by atoms with Crippen molar-refractivity contribution >= 4 is 29.8 Å². The molecule has 1 N–H and O–H groups in total. The molecule has 51 heavy (non-hydrogen) atoms. The molecule has 14 heteroatoms. The van der Waals surface area contributed by atoms with E-state index in [9.17, 15) is 29.1 Å². The van der Waals surface area contributed by atoms with Crippen LogP contribution in [-0.2, 0) is 47.5 Å². The third kappa shape index (κ3) is 9.76. The molecule has 0 spiro atoms. The van der Waals surface area contributed by atoms with E-state index in [1.165, 1.54) is 50.2 Å². The highest BCUT2D eigenvalue weighted by molar-refractivity contribution is 5.91. The van der Waals surface area contributed by atoms with Crippen molar-refractivity contribution < 1.29 is 67.0 Å². The van der Waals surface area contributed by atoms with E-state index in [4.69, 9.17) is 37.9 Å². The van der Waals surface area contributed by atoms with E-state index >= 15 is 0 Å². The molecule has 2 saturated heterocycles. The minimum Gasteiger partial charge on any atom is -0.458 e. The smallest absolute Gasteiger partial charge is 0.338 e. The maximum Gasteiger partial charge on any atom is 0.338 e. The van der Waals surface area contributed by atoms with Crippen molar-refractivity contribution in [2.45, 2.75) is 82.5 Å². The molecular formula is C37H38O14. The van der Waals surface area contributed by atoms with E-state index in [1.54, 1.807) is 61.5 Å². The van der Waals surface area contributed by atoms with Crippen LogP contribution in [0.4, 0.5) is 0 Å². The fourth-order valence-electron chi connectivity index (χ4n) is 5.73. The molecule has 3 aromatic carbocycles. The standard InChI is InChI=1S/C37H38O14/c1-21-30(47-23(3)39)27(46-22(2)38)19-29(45-21)44-20-28-31(49-34(40)24-13-7-4-8-14-24)32(50-35(41)25-15-9-5-10-16-25)33(37(43)48-28)51-36(42)26-17-11-6-12-18-26/h4-18,21,27-33,37,43H,19-20H2,1-3H3/t21-,27-,28-,29+,30-,31-,32+,33+,37+/m1/s1. The number of rotatable bonds is 11. The Kier molecular flexibility index (Phi) is 12.5. The van der Waals surface area contributed by atoms with Gasteiger partial charge in [0.05, 0.1) is 29.4 Å². The van der Waals surface area contributed by atoms with Crippen molar-refractivity contribution in [3.05, 3.63) is 108 Å². The zero-order chi connectivity index (χ0) is 36.5. The van der Waals surface area contributed by atoms with E-state index in [0.29, 0.717) is 0 Å². The summed E-state index contributed by atoms with van der Waals surface area (Å²) in [5, 5.41) is 11.3. The van der Waals surface area contributed by atoms with Crippen LogP contribution in [0.25, 0.3) is 0 Å². The van der Waals surface area contributed by atoms with Gasteiger partial charge in [-0.1, -0.05) is 54.6 Å². The molecule has 2 aliphatic heterocycles. The number of aliphatic hydroxyl groups excluding tert-OH is 1. The highest BCUT2D eigenvalue weighted by atomic mass is 16.7. The molecule has 2 heterocycles. The van der Waals surface area contributed by atoms with Gasteiger partial charge in [-0.3, -0.25) is 9.59 Å². The summed E-state index contributed by atoms with van der Waals surface area (Å²) in [5.41, 5.74) is 0.425. The monoisotopic (exact) mass is 706 g/mol. The summed E-state index contributed by atoms with van der Waals surface area (Å²) < 4.78 is 46.0. The third-order valence-electron chi connectivity index (χ3n) is 8.05. The predicted octanol–water partition coefficient (Wildman–Crippen LogP) is 3.40. The average molecular weight is 707 g/mol. The SMILES string of the molecule is CC(=O)O[C@@H]1[C@@H](C)O[C@H](OC[C@H]2O[C@H](O)[C@@H](OC(=O)c3ccccc3)[C@@H](OC(=O)c3ccccc3)[C@@H]2OC(=O)c2ccccc2)C[C@H]1OC(C)=O. The van der Waals surface area contributed by atoms with E-state index < -0.39 is 91.8 Å². The first-order chi connectivity index (χ1) is 24.5. The van der Waals surface area contributed by atoms with Gasteiger partial charge in [-0.25, -0.2) is 14.4 Å². The minimum atomic E-state index is -1.89. The lowest BCUT2D eigenvalue weighted by Gasteiger charge is -2.44. The molecule has 0 aliphatic carbocycles. The maximum absolute atomic E-state index is 13.5. The van der Waals surface area contributed by atoms with Gasteiger partial charge in [-0.2, -0.15) is 0 Å². The first kappa shape index (κ1) is 37.1. The van der Waals surface area contributed by atoms with Crippen LogP contribution in [0.15, 0.2) is 91.0 Å². The van der Waals surface area contributed by atoms with Gasteiger partial charge in [-0.05, 0) is 43.3 Å². The molecule has 5 rings (SSSR count). The van der Waals surface area contributed by atoms with Crippen LogP contribution in [0.5, 0.6) is 0 Å². The van der Waals surface area contributed by atoms with E-state index in [2.05, 4.69) is 0 Å². The fraction of sp³-hybridized carbons (Fsp3) is 0.378. The Hall–Kier alpha value is -5.15. The summed E-state index contributed by atoms with van der Waals surface area (Å²) in [6.45, 7) is 3.61. The van der Waals surface area contributed by atoms with E-state index in [0.717, 1.165) is 0 Å². The van der Waals surface area contributed by atoms with Gasteiger partial charge in [0.1, 0.15) is 12.2 Å². The van der Waals surface area contributed by atoms with Crippen molar-refractivity contribution in [2.75, 3.05) is 6.61 Å². The number of carbonyl (C=O) groups is 5. The molecule has 3 aromatic rings. The number of hydrogen-bond acceptors (Lipinski definition) is 14. The van der Waals surface area contributed by atoms with Gasteiger partial charge < -0.3 is 43.0 Å². The Morgan fingerprint density at radius 1 is 0.608 bits per heavy atom. The third-order valence-corrected chi connectivity index (χ3v) is 8.05. The Labute approximate surface area is 293 Å². The molecule has 0 amide bonds. The first-order valence-electron chi connectivity index (χ1n) is 16.2. The van der Waals surface area contributed by atoms with Crippen molar-refractivity contribution in [1.29, 1.82) is 0 Å². The molecule has 14 nitrogen and oxygen atoms in total. The summed E-state index contributed by atoms with van der Waals surface area (Å²) in [6.07, 6.45) is -11.7. The molecular weight excluding hydrogens is 668 g/mol. The Bertz CT molecular complexity index is 1650. The normalized spacial score (nSPS) is 27.3. The number of aliphatic hydroxyl groups is 1. The summed E-state index contributed by atoms with van der Waals surface area (Å²) in [4.78, 5) is 63.7. The van der Waals surface area contributed by atoms with Crippen LogP contribution in [0.1, 0.15) is 58.3 Å². The van der Waals surface area contributed by atoms with Crippen LogP contribution in [-0.4, -0.2) is 96.9 Å². The lowest BCUT2D eigenvalue weighted by atomic mass is 9.97. The zero-order valence-corrected chi connectivity index (χ0v) is 28.0. The highest BCUT2D eigenvalue weighted by Crippen LogP contribution is 2.32. The molecule has 0 unspecified atom stereocenters. The first-order valence-corrected chi connectivity index (χ1v) is 16.2. The van der Waals surface area contributed by atoms with Crippen LogP contribution in [0.2, 0.25) is 0 Å². The van der Waals surface area contributed by atoms with Crippen molar-refractivity contribution in [3.63, 3.8) is 0 Å². The number of benzene rings is 3. The van der Waals surface area contributed by atoms with Crippen LogP contribution < -0.4 is 0 Å². The summed E-state index contributed by atoms with van der Waals surface area (Å²) in [7, 11) is 0. The van der Waals surface area contributed by atoms with Gasteiger partial charge in [0.2, 0.25) is 0 Å². The molecule has 0 bridgehead atoms. The van der Waals surface area contributed by atoms with Crippen molar-refractivity contribution in [1.82, 2.24) is 0 Å². The van der Waals surface area contributed by atoms with Crippen LogP contribution in [0.3, 0.4) is 0 Å². The molecule has 2 aliphatic rings. The molecule has 9 atom stereocenters. The average Bonchev–Trinajstić information content (AvgIpc) is 3.12. The van der Waals surface area contributed by atoms with Gasteiger partial charge in [0, 0.05) is 20.3 Å². The summed E-state index contributed by atoms with van der Waals surface area (Å²) in [5.74, 6) is -3.77. The molecule has 270 valence electrons. The maximum atomic E-state index is 13.5. The van der Waals surface area contributed by atoms with Gasteiger partial charge in [0.25, 0.3) is 0 Å². The zero-order valence-electron chi connectivity index (χ0n) is 28.0. The van der Waals surface area contributed by atoms with Crippen molar-refractivity contribution in [3.8, 4) is 0 Å². The molecule has 0 radical (unpaired) electrons. The highest BCUT2D eigenvalue weighted by Gasteiger charge is 2.53. The Morgan fingerprint density at radius 3 is 1.53 bits per heavy atom. The quantitative estimate of drug-likeness (QED) is 0.226. The number of esters is 5. The fourth-order valence-corrected chi connectivity index (χ4v) is 5.73. The largest absolute Gasteiger partial charge is 0.458 e. The second kappa shape index (κ2) is 17.2. The lowest BCUT2D eigenvalue weighted by molar-refractivity contribution is -0.304. The number of ether oxygens (including phenoxy) is 8. The van der Waals surface area contributed by atoms with E-state index in [-0.39, 0.29) is 23.1 Å². The summed E-state index contributed by atoms with van der Waals surface area (Å²) in [6, 6.07) is 23.8. The molecule has 0 saturated carbocycles. The number of carbonyl (C=O) groups excluding carboxylic acids is 5. The van der Waals surface area contributed by atoms with E-state index in [1.807, 2.05) is 0 Å². The molecule has 2 fully saturated rings. The Balaban J connectivity index is 1.44. The minimum absolute atomic E-state index is 0.0602. The second-order valence-corrected chi connectivity index (χ2v) is 11.8. The lowest BCUT2D eigenvalue weighted by Crippen LogP contribution is -2.62. The predicted molar refractivity (Wildman–Crippen MR) is 174 cm³/mol. The van der Waals surface area contributed by atoms with Crippen LogP contribution >= 0.6 is 0 Å². The molecule has 0 aromatic heterocycles. The topological polar surface area (TPSA) is 179 Å². The van der Waals surface area contributed by atoms with Gasteiger partial charge >= 0.3 is 29.8 Å². The number of hydrogen-bond donors (Lipinski definition) is 1. The Morgan fingerprint density at radius 2 is 1.06 bits per heavy atom.